The van der Waals surface area contributed by atoms with E-state index >= 15 is 4.39 Å². The zero-order chi connectivity index (χ0) is 26.7. The highest BCUT2D eigenvalue weighted by atomic mass is 19.1. The number of aromatic amines is 1. The molecule has 1 amide bonds. The normalized spacial score (nSPS) is 22.4. The number of nitrogens with zero attached hydrogens (tertiary/aromatic N) is 3. The Hall–Kier alpha value is -3.55. The second-order valence-electron chi connectivity index (χ2n) is 8.49. The van der Waals surface area contributed by atoms with Gasteiger partial charge in [0.2, 0.25) is 11.9 Å². The van der Waals surface area contributed by atoms with E-state index in [1.165, 1.54) is 11.5 Å². The summed E-state index contributed by atoms with van der Waals surface area (Å²) in [6, 6.07) is 0. The van der Waals surface area contributed by atoms with Crippen LogP contribution in [0.2, 0.25) is 0 Å². The molecule has 5 atom stereocenters. The molecule has 13 nitrogen and oxygen atoms in total. The van der Waals surface area contributed by atoms with Gasteiger partial charge >= 0.3 is 17.6 Å². The standard InChI is InChI=1S/C22H30FN5O8/c1-6-8-9-27-15-18(25-21(24-10(3)29)26-19(15)32)28(22(27)33)20-17(35-12(5)31)14(23)16(36-20)13(7-2)34-11(4)30/h13-14,16-17,20H,6-9H2,1-5H3,(H2,24,25,26,29,32)/t13-,14-,16+,17+,20+/m0/s1. The van der Waals surface area contributed by atoms with Crippen LogP contribution in [-0.4, -0.2) is 61.4 Å². The zero-order valence-corrected chi connectivity index (χ0v) is 20.7. The predicted molar refractivity (Wildman–Crippen MR) is 124 cm³/mol. The number of fused-ring (bicyclic) bond motifs is 1. The molecule has 2 aromatic rings. The maximum Gasteiger partial charge on any atom is 0.332 e. The van der Waals surface area contributed by atoms with Gasteiger partial charge in [0, 0.05) is 27.3 Å². The average Bonchev–Trinajstić information content (AvgIpc) is 3.23. The van der Waals surface area contributed by atoms with Crippen molar-refractivity contribution < 1.29 is 33.0 Å². The second kappa shape index (κ2) is 11.0. The minimum atomic E-state index is -1.97. The number of nitrogens with one attached hydrogen (secondary N) is 2. The first-order valence-corrected chi connectivity index (χ1v) is 11.7. The molecule has 1 aliphatic rings. The molecule has 0 aliphatic carbocycles. The Labute approximate surface area is 204 Å². The summed E-state index contributed by atoms with van der Waals surface area (Å²) < 4.78 is 34.0. The number of anilines is 1. The number of hydrogen-bond acceptors (Lipinski definition) is 9. The Kier molecular flexibility index (Phi) is 8.28. The van der Waals surface area contributed by atoms with E-state index in [-0.39, 0.29) is 30.1 Å². The number of halogens is 1. The van der Waals surface area contributed by atoms with Gasteiger partial charge < -0.3 is 14.2 Å². The maximum atomic E-state index is 15.6. The molecule has 1 saturated heterocycles. The number of esters is 2. The topological polar surface area (TPSA) is 164 Å². The van der Waals surface area contributed by atoms with Crippen molar-refractivity contribution >= 4 is 35.0 Å². The van der Waals surface area contributed by atoms with E-state index in [1.54, 1.807) is 6.92 Å². The fourth-order valence-electron chi connectivity index (χ4n) is 4.23. The van der Waals surface area contributed by atoms with Gasteiger partial charge in [-0.2, -0.15) is 4.98 Å². The number of carbonyl (C=O) groups is 3. The Bertz CT molecular complexity index is 1270. The number of unbranched alkanes of at least 4 members (excludes halogenated alkanes) is 1. The molecule has 0 bridgehead atoms. The Morgan fingerprint density at radius 1 is 1.19 bits per heavy atom. The fourth-order valence-corrected chi connectivity index (χ4v) is 4.23. The number of hydrogen-bond donors (Lipinski definition) is 2. The summed E-state index contributed by atoms with van der Waals surface area (Å²) in [6.45, 7) is 7.15. The van der Waals surface area contributed by atoms with Crippen molar-refractivity contribution in [1.82, 2.24) is 19.1 Å². The lowest BCUT2D eigenvalue weighted by molar-refractivity contribution is -0.159. The summed E-state index contributed by atoms with van der Waals surface area (Å²) in [5.41, 5.74) is -1.76. The molecule has 14 heteroatoms. The molecule has 36 heavy (non-hydrogen) atoms. The van der Waals surface area contributed by atoms with Crippen LogP contribution >= 0.6 is 0 Å². The van der Waals surface area contributed by atoms with Crippen LogP contribution in [0, 0.1) is 0 Å². The van der Waals surface area contributed by atoms with E-state index < -0.39 is 59.8 Å². The van der Waals surface area contributed by atoms with Crippen molar-refractivity contribution in [3.8, 4) is 0 Å². The predicted octanol–water partition coefficient (Wildman–Crippen LogP) is 1.15. The number of imidazole rings is 1. The summed E-state index contributed by atoms with van der Waals surface area (Å²) >= 11 is 0. The molecule has 198 valence electrons. The number of aromatic nitrogens is 4. The van der Waals surface area contributed by atoms with Crippen molar-refractivity contribution in [2.45, 2.75) is 91.1 Å². The van der Waals surface area contributed by atoms with Gasteiger partial charge in [0.15, 0.2) is 29.7 Å². The third-order valence-corrected chi connectivity index (χ3v) is 5.69. The molecule has 0 aromatic carbocycles. The minimum absolute atomic E-state index is 0.112. The van der Waals surface area contributed by atoms with E-state index in [9.17, 15) is 24.0 Å². The summed E-state index contributed by atoms with van der Waals surface area (Å²) in [6.07, 6.45) is -6.07. The van der Waals surface area contributed by atoms with Crippen molar-refractivity contribution in [2.75, 3.05) is 5.32 Å². The van der Waals surface area contributed by atoms with Crippen LogP contribution in [0.15, 0.2) is 9.59 Å². The van der Waals surface area contributed by atoms with E-state index in [0.717, 1.165) is 18.4 Å². The molecule has 0 unspecified atom stereocenters. The lowest BCUT2D eigenvalue weighted by Gasteiger charge is -2.23. The zero-order valence-electron chi connectivity index (χ0n) is 20.7. The van der Waals surface area contributed by atoms with Crippen molar-refractivity contribution in [3.05, 3.63) is 20.8 Å². The number of alkyl halides is 1. The van der Waals surface area contributed by atoms with Crippen LogP contribution in [0.25, 0.3) is 11.2 Å². The molecule has 0 radical (unpaired) electrons. The van der Waals surface area contributed by atoms with Gasteiger partial charge in [0.25, 0.3) is 5.56 Å². The third-order valence-electron chi connectivity index (χ3n) is 5.69. The van der Waals surface area contributed by atoms with E-state index in [2.05, 4.69) is 15.3 Å². The number of H-pyrrole nitrogens is 1. The fraction of sp³-hybridized carbons (Fsp3) is 0.636. The van der Waals surface area contributed by atoms with E-state index in [1.807, 2.05) is 6.92 Å². The quantitative estimate of drug-likeness (QED) is 0.470. The highest BCUT2D eigenvalue weighted by molar-refractivity contribution is 5.87. The first-order chi connectivity index (χ1) is 17.0. The van der Waals surface area contributed by atoms with Gasteiger partial charge in [-0.05, 0) is 12.8 Å². The minimum Gasteiger partial charge on any atom is -0.460 e. The Balaban J connectivity index is 2.24. The molecule has 0 spiro atoms. The lowest BCUT2D eigenvalue weighted by atomic mass is 10.0. The second-order valence-corrected chi connectivity index (χ2v) is 8.49. The number of ether oxygens (including phenoxy) is 3. The Morgan fingerprint density at radius 2 is 1.89 bits per heavy atom. The third kappa shape index (κ3) is 5.32. The molecular weight excluding hydrogens is 481 g/mol. The highest BCUT2D eigenvalue weighted by Crippen LogP contribution is 2.37. The number of rotatable bonds is 9. The van der Waals surface area contributed by atoms with Gasteiger partial charge in [-0.1, -0.05) is 20.3 Å². The average molecular weight is 512 g/mol. The first kappa shape index (κ1) is 27.0. The number of aryl methyl sites for hydroxylation is 1. The van der Waals surface area contributed by atoms with Crippen LogP contribution in [0.3, 0.4) is 0 Å². The van der Waals surface area contributed by atoms with Crippen molar-refractivity contribution in [1.29, 1.82) is 0 Å². The summed E-state index contributed by atoms with van der Waals surface area (Å²) in [5, 5.41) is 2.35. The van der Waals surface area contributed by atoms with Gasteiger partial charge in [0.1, 0.15) is 12.2 Å². The molecule has 2 aromatic heterocycles. The van der Waals surface area contributed by atoms with Crippen LogP contribution < -0.4 is 16.6 Å². The maximum absolute atomic E-state index is 15.6. The van der Waals surface area contributed by atoms with Crippen LogP contribution in [-0.2, 0) is 35.1 Å². The number of carbonyl (C=O) groups excluding carboxylic acids is 3. The first-order valence-electron chi connectivity index (χ1n) is 11.7. The van der Waals surface area contributed by atoms with Gasteiger partial charge in [0.05, 0.1) is 0 Å². The monoisotopic (exact) mass is 511 g/mol. The summed E-state index contributed by atoms with van der Waals surface area (Å²) in [7, 11) is 0. The molecule has 1 aliphatic heterocycles. The van der Waals surface area contributed by atoms with Gasteiger partial charge in [-0.15, -0.1) is 0 Å². The summed E-state index contributed by atoms with van der Waals surface area (Å²) in [5.74, 6) is -2.25. The van der Waals surface area contributed by atoms with Gasteiger partial charge in [-0.25, -0.2) is 13.8 Å². The van der Waals surface area contributed by atoms with E-state index in [0.29, 0.717) is 12.8 Å². The molecule has 1 fully saturated rings. The molecule has 0 saturated carbocycles. The molecular formula is C22H30FN5O8. The van der Waals surface area contributed by atoms with E-state index in [4.69, 9.17) is 14.2 Å². The smallest absolute Gasteiger partial charge is 0.332 e. The molecule has 3 rings (SSSR count). The molecule has 2 N–H and O–H groups in total. The summed E-state index contributed by atoms with van der Waals surface area (Å²) in [4.78, 5) is 68.0. The number of amides is 1. The van der Waals surface area contributed by atoms with Crippen molar-refractivity contribution in [2.24, 2.45) is 0 Å². The van der Waals surface area contributed by atoms with Crippen molar-refractivity contribution in [3.63, 3.8) is 0 Å². The Morgan fingerprint density at radius 3 is 2.44 bits per heavy atom. The van der Waals surface area contributed by atoms with Gasteiger partial charge in [-0.3, -0.25) is 34.0 Å². The van der Waals surface area contributed by atoms with Crippen LogP contribution in [0.1, 0.15) is 60.1 Å². The van der Waals surface area contributed by atoms with Crippen LogP contribution in [0.5, 0.6) is 0 Å². The highest BCUT2D eigenvalue weighted by Gasteiger charge is 2.53. The van der Waals surface area contributed by atoms with Crippen LogP contribution in [0.4, 0.5) is 10.3 Å². The largest absolute Gasteiger partial charge is 0.460 e. The molecule has 3 heterocycles. The SMILES string of the molecule is CCCCn1c(=O)n([C@@H]2O[C@H]([C@H](CC)OC(C)=O)[C@H](F)[C@H]2OC(C)=O)c2nc(NC(C)=O)[nH]c(=O)c21. The lowest BCUT2D eigenvalue weighted by Crippen LogP contribution is -2.39.